The fraction of sp³-hybridized carbons (Fsp3) is 0.125. The Labute approximate surface area is 109 Å². The summed E-state index contributed by atoms with van der Waals surface area (Å²) >= 11 is 4.31. The van der Waals surface area contributed by atoms with Gasteiger partial charge < -0.3 is 10.6 Å². The highest BCUT2D eigenvalue weighted by Gasteiger charge is 2.12. The number of halogens is 1. The van der Waals surface area contributed by atoms with Crippen molar-refractivity contribution >= 4 is 44.1 Å². The van der Waals surface area contributed by atoms with Crippen LogP contribution in [0.15, 0.2) is 17.0 Å². The SMILES string of the molecule is CNc1nnc(C(=O)Nc2cnc(Br)cn2)s1. The van der Waals surface area contributed by atoms with Crippen molar-refractivity contribution in [3.63, 3.8) is 0 Å². The van der Waals surface area contributed by atoms with Gasteiger partial charge in [0.25, 0.3) is 5.91 Å². The molecule has 0 atom stereocenters. The Morgan fingerprint density at radius 1 is 1.35 bits per heavy atom. The van der Waals surface area contributed by atoms with Gasteiger partial charge in [-0.15, -0.1) is 10.2 Å². The molecule has 2 N–H and O–H groups in total. The van der Waals surface area contributed by atoms with Gasteiger partial charge in [0.15, 0.2) is 5.82 Å². The van der Waals surface area contributed by atoms with Crippen molar-refractivity contribution in [3.8, 4) is 0 Å². The fourth-order valence-corrected chi connectivity index (χ4v) is 1.76. The first-order chi connectivity index (χ1) is 8.19. The minimum Gasteiger partial charge on any atom is -0.363 e. The standard InChI is InChI=1S/C8H7BrN6OS/c1-10-8-15-14-7(17-8)6(16)13-5-3-11-4(9)2-12-5/h2-3H,1H3,(H,10,15)(H,12,13,16). The van der Waals surface area contributed by atoms with Crippen molar-refractivity contribution in [2.24, 2.45) is 0 Å². The van der Waals surface area contributed by atoms with Gasteiger partial charge >= 0.3 is 0 Å². The van der Waals surface area contributed by atoms with Crippen LogP contribution in [-0.4, -0.2) is 33.1 Å². The molecule has 2 aromatic rings. The molecule has 9 heteroatoms. The summed E-state index contributed by atoms with van der Waals surface area (Å²) in [5.41, 5.74) is 0. The van der Waals surface area contributed by atoms with Crippen LogP contribution in [-0.2, 0) is 0 Å². The number of hydrogen-bond donors (Lipinski definition) is 2. The third-order valence-electron chi connectivity index (χ3n) is 1.70. The number of nitrogens with one attached hydrogen (secondary N) is 2. The molecule has 0 saturated carbocycles. The van der Waals surface area contributed by atoms with Crippen LogP contribution in [0.5, 0.6) is 0 Å². The van der Waals surface area contributed by atoms with E-state index in [1.54, 1.807) is 7.05 Å². The normalized spacial score (nSPS) is 10.0. The van der Waals surface area contributed by atoms with Crippen LogP contribution < -0.4 is 10.6 Å². The fourth-order valence-electron chi connectivity index (χ4n) is 0.963. The van der Waals surface area contributed by atoms with Crippen molar-refractivity contribution in [1.29, 1.82) is 0 Å². The lowest BCUT2D eigenvalue weighted by atomic mass is 10.6. The van der Waals surface area contributed by atoms with E-state index < -0.39 is 0 Å². The molecule has 1 amide bonds. The van der Waals surface area contributed by atoms with Gasteiger partial charge in [0.2, 0.25) is 10.1 Å². The Hall–Kier alpha value is -1.61. The first-order valence-electron chi connectivity index (χ1n) is 4.49. The number of carbonyl (C=O) groups is 1. The molecule has 2 heterocycles. The number of carbonyl (C=O) groups excluding carboxylic acids is 1. The summed E-state index contributed by atoms with van der Waals surface area (Å²) in [7, 11) is 1.71. The van der Waals surface area contributed by atoms with Crippen molar-refractivity contribution in [2.75, 3.05) is 17.7 Å². The second-order valence-corrected chi connectivity index (χ2v) is 4.63. The van der Waals surface area contributed by atoms with Crippen molar-refractivity contribution in [2.45, 2.75) is 0 Å². The molecule has 0 saturated heterocycles. The van der Waals surface area contributed by atoms with E-state index >= 15 is 0 Å². The number of anilines is 2. The van der Waals surface area contributed by atoms with Crippen LogP contribution >= 0.6 is 27.3 Å². The zero-order chi connectivity index (χ0) is 12.3. The van der Waals surface area contributed by atoms with Crippen molar-refractivity contribution < 1.29 is 4.79 Å². The van der Waals surface area contributed by atoms with E-state index in [0.717, 1.165) is 11.3 Å². The molecule has 0 bridgehead atoms. The summed E-state index contributed by atoms with van der Waals surface area (Å²) in [4.78, 5) is 19.6. The van der Waals surface area contributed by atoms with Crippen molar-refractivity contribution in [3.05, 3.63) is 22.0 Å². The highest BCUT2D eigenvalue weighted by atomic mass is 79.9. The second kappa shape index (κ2) is 5.15. The summed E-state index contributed by atoms with van der Waals surface area (Å²) in [5.74, 6) is 0.0000279. The molecule has 0 fully saturated rings. The van der Waals surface area contributed by atoms with E-state index in [0.29, 0.717) is 15.6 Å². The predicted molar refractivity (Wildman–Crippen MR) is 67.1 cm³/mol. The molecule has 0 aliphatic heterocycles. The molecule has 0 spiro atoms. The third-order valence-corrected chi connectivity index (χ3v) is 3.04. The van der Waals surface area contributed by atoms with Gasteiger partial charge in [-0.25, -0.2) is 9.97 Å². The maximum Gasteiger partial charge on any atom is 0.287 e. The molecular formula is C8H7BrN6OS. The summed E-state index contributed by atoms with van der Waals surface area (Å²) in [6.45, 7) is 0. The molecule has 0 aromatic carbocycles. The number of aromatic nitrogens is 4. The summed E-state index contributed by atoms with van der Waals surface area (Å²) in [6, 6.07) is 0. The van der Waals surface area contributed by atoms with Gasteiger partial charge in [0, 0.05) is 7.05 Å². The molecule has 2 rings (SSSR count). The van der Waals surface area contributed by atoms with E-state index in [1.165, 1.54) is 12.4 Å². The number of amides is 1. The molecule has 0 unspecified atom stereocenters. The Bertz CT molecular complexity index is 527. The van der Waals surface area contributed by atoms with Gasteiger partial charge in [-0.1, -0.05) is 11.3 Å². The van der Waals surface area contributed by atoms with Gasteiger partial charge in [0.1, 0.15) is 4.60 Å². The van der Waals surface area contributed by atoms with Gasteiger partial charge in [0.05, 0.1) is 12.4 Å². The van der Waals surface area contributed by atoms with E-state index in [-0.39, 0.29) is 10.9 Å². The van der Waals surface area contributed by atoms with Crippen molar-refractivity contribution in [1.82, 2.24) is 20.2 Å². The molecular weight excluding hydrogens is 308 g/mol. The van der Waals surface area contributed by atoms with Gasteiger partial charge in [-0.2, -0.15) is 0 Å². The lowest BCUT2D eigenvalue weighted by Gasteiger charge is -2.00. The lowest BCUT2D eigenvalue weighted by Crippen LogP contribution is -2.12. The van der Waals surface area contributed by atoms with Crippen LogP contribution in [0.1, 0.15) is 9.80 Å². The Morgan fingerprint density at radius 3 is 2.76 bits per heavy atom. The van der Waals surface area contributed by atoms with Crippen LogP contribution in [0, 0.1) is 0 Å². The van der Waals surface area contributed by atoms with E-state index in [1.807, 2.05) is 0 Å². The van der Waals surface area contributed by atoms with Crippen LogP contribution in [0.2, 0.25) is 0 Å². The predicted octanol–water partition coefficient (Wildman–Crippen LogP) is 1.38. The van der Waals surface area contributed by atoms with E-state index in [2.05, 4.69) is 46.7 Å². The zero-order valence-electron chi connectivity index (χ0n) is 8.64. The molecule has 7 nitrogen and oxygen atoms in total. The van der Waals surface area contributed by atoms with Gasteiger partial charge in [-0.05, 0) is 15.9 Å². The van der Waals surface area contributed by atoms with Crippen LogP contribution in [0.3, 0.4) is 0 Å². The highest BCUT2D eigenvalue weighted by Crippen LogP contribution is 2.15. The summed E-state index contributed by atoms with van der Waals surface area (Å²) in [5, 5.41) is 13.7. The van der Waals surface area contributed by atoms with E-state index in [4.69, 9.17) is 0 Å². The van der Waals surface area contributed by atoms with Crippen LogP contribution in [0.25, 0.3) is 0 Å². The highest BCUT2D eigenvalue weighted by molar-refractivity contribution is 9.10. The number of rotatable bonds is 3. The molecule has 0 aliphatic rings. The maximum atomic E-state index is 11.7. The van der Waals surface area contributed by atoms with Crippen LogP contribution in [0.4, 0.5) is 10.9 Å². The topological polar surface area (TPSA) is 92.7 Å². The average Bonchev–Trinajstić information content (AvgIpc) is 2.81. The quantitative estimate of drug-likeness (QED) is 0.889. The smallest absolute Gasteiger partial charge is 0.287 e. The largest absolute Gasteiger partial charge is 0.363 e. The maximum absolute atomic E-state index is 11.7. The first kappa shape index (κ1) is 11.9. The minimum atomic E-state index is -0.361. The monoisotopic (exact) mass is 314 g/mol. The summed E-state index contributed by atoms with van der Waals surface area (Å²) in [6.07, 6.45) is 2.94. The molecule has 0 aliphatic carbocycles. The second-order valence-electron chi connectivity index (χ2n) is 2.84. The third kappa shape index (κ3) is 2.94. The van der Waals surface area contributed by atoms with E-state index in [9.17, 15) is 4.79 Å². The van der Waals surface area contributed by atoms with Gasteiger partial charge in [-0.3, -0.25) is 4.79 Å². The number of hydrogen-bond acceptors (Lipinski definition) is 7. The Balaban J connectivity index is 2.08. The minimum absolute atomic E-state index is 0.263. The molecule has 88 valence electrons. The zero-order valence-corrected chi connectivity index (χ0v) is 11.0. The molecule has 17 heavy (non-hydrogen) atoms. The lowest BCUT2D eigenvalue weighted by molar-refractivity contribution is 0.102. The Kier molecular flexibility index (Phi) is 3.59. The molecule has 0 radical (unpaired) electrons. The Morgan fingerprint density at radius 2 is 2.18 bits per heavy atom. The summed E-state index contributed by atoms with van der Waals surface area (Å²) < 4.78 is 0.601. The first-order valence-corrected chi connectivity index (χ1v) is 6.10. The molecule has 2 aromatic heterocycles. The number of nitrogens with zero attached hydrogens (tertiary/aromatic N) is 4. The average molecular weight is 315 g/mol.